The molecule has 8 heteroatoms. The van der Waals surface area contributed by atoms with Gasteiger partial charge < -0.3 is 21.1 Å². The molecule has 18 heavy (non-hydrogen) atoms. The first-order chi connectivity index (χ1) is 8.45. The van der Waals surface area contributed by atoms with Crippen molar-refractivity contribution < 1.29 is 9.26 Å². The van der Waals surface area contributed by atoms with Gasteiger partial charge in [-0.05, 0) is 13.0 Å². The Kier molecular flexibility index (Phi) is 2.97. The van der Waals surface area contributed by atoms with Crippen molar-refractivity contribution in [2.24, 2.45) is 17.2 Å². The summed E-state index contributed by atoms with van der Waals surface area (Å²) in [6.45, 7) is 1.75. The smallest absolute Gasteiger partial charge is 0.289 e. The zero-order valence-corrected chi connectivity index (χ0v) is 9.91. The van der Waals surface area contributed by atoms with E-state index in [-0.39, 0.29) is 11.7 Å². The molecule has 0 aliphatic carbocycles. The summed E-state index contributed by atoms with van der Waals surface area (Å²) in [4.78, 5) is 0.425. The monoisotopic (exact) mass is 252 g/mol. The predicted molar refractivity (Wildman–Crippen MR) is 65.5 cm³/mol. The summed E-state index contributed by atoms with van der Waals surface area (Å²) in [5, 5.41) is 21.1. The first-order valence-corrected chi connectivity index (χ1v) is 5.45. The molecule has 1 aliphatic heterocycles. The Hall–Kier alpha value is -2.06. The molecular weight excluding hydrogens is 236 g/mol. The van der Waals surface area contributed by atoms with Crippen molar-refractivity contribution in [2.75, 3.05) is 0 Å². The number of nitrogens with two attached hydrogens (primary N) is 3. The molecule has 0 saturated carbocycles. The fraction of sp³-hybridized carbons (Fsp3) is 0.400. The van der Waals surface area contributed by atoms with E-state index in [4.69, 9.17) is 27.0 Å². The average molecular weight is 252 g/mol. The number of nitrogens with zero attached hydrogens (tertiary/aromatic N) is 2. The van der Waals surface area contributed by atoms with Crippen LogP contribution < -0.4 is 17.2 Å². The summed E-state index contributed by atoms with van der Waals surface area (Å²) in [6, 6.07) is -0.347. The van der Waals surface area contributed by atoms with Crippen molar-refractivity contribution in [3.63, 3.8) is 0 Å². The molecule has 0 fully saturated rings. The van der Waals surface area contributed by atoms with Gasteiger partial charge in [0.1, 0.15) is 6.04 Å². The molecule has 8 nitrogen and oxygen atoms in total. The lowest BCUT2D eigenvalue weighted by Gasteiger charge is -2.39. The SMILES string of the molecule is CC(c1ccoc1)N1C(=N)C(N)C(N)C(N)=[N+]1[O-]. The lowest BCUT2D eigenvalue weighted by Crippen LogP contribution is -2.66. The van der Waals surface area contributed by atoms with Crippen LogP contribution in [0.2, 0.25) is 0 Å². The number of nitrogens with one attached hydrogen (secondary N) is 1. The summed E-state index contributed by atoms with van der Waals surface area (Å²) in [5.74, 6) is -0.172. The summed E-state index contributed by atoms with van der Waals surface area (Å²) < 4.78 is 4.96. The van der Waals surface area contributed by atoms with E-state index in [0.29, 0.717) is 4.85 Å². The number of furan rings is 1. The van der Waals surface area contributed by atoms with Crippen LogP contribution in [-0.2, 0) is 0 Å². The summed E-state index contributed by atoms with van der Waals surface area (Å²) in [6.07, 6.45) is 3.00. The van der Waals surface area contributed by atoms with Crippen LogP contribution in [0.15, 0.2) is 23.0 Å². The molecule has 7 N–H and O–H groups in total. The minimum absolute atomic E-state index is 0.0691. The molecule has 3 atom stereocenters. The Morgan fingerprint density at radius 3 is 2.72 bits per heavy atom. The quantitative estimate of drug-likeness (QED) is 0.395. The van der Waals surface area contributed by atoms with Gasteiger partial charge in [0, 0.05) is 5.56 Å². The summed E-state index contributed by atoms with van der Waals surface area (Å²) in [5.41, 5.74) is 17.8. The topological polar surface area (TPSA) is 144 Å². The minimum Gasteiger partial charge on any atom is -0.692 e. The highest BCUT2D eigenvalue weighted by Gasteiger charge is 2.39. The van der Waals surface area contributed by atoms with Gasteiger partial charge in [-0.2, -0.15) is 9.86 Å². The van der Waals surface area contributed by atoms with Crippen molar-refractivity contribution >= 4 is 11.7 Å². The van der Waals surface area contributed by atoms with Crippen LogP contribution in [0.5, 0.6) is 0 Å². The molecule has 98 valence electrons. The van der Waals surface area contributed by atoms with E-state index in [2.05, 4.69) is 0 Å². The molecule has 2 rings (SSSR count). The van der Waals surface area contributed by atoms with Gasteiger partial charge in [0.15, 0.2) is 5.84 Å². The number of amidine groups is 2. The fourth-order valence-electron chi connectivity index (χ4n) is 1.88. The zero-order valence-electron chi connectivity index (χ0n) is 9.91. The maximum Gasteiger partial charge on any atom is 0.289 e. The highest BCUT2D eigenvalue weighted by molar-refractivity contribution is 5.95. The molecular formula is C10H16N6O2. The Morgan fingerprint density at radius 1 is 1.50 bits per heavy atom. The van der Waals surface area contributed by atoms with Gasteiger partial charge >= 0.3 is 0 Å². The van der Waals surface area contributed by atoms with Crippen LogP contribution in [0.3, 0.4) is 0 Å². The van der Waals surface area contributed by atoms with Gasteiger partial charge in [-0.1, -0.05) is 0 Å². The Morgan fingerprint density at radius 2 is 2.17 bits per heavy atom. The van der Waals surface area contributed by atoms with E-state index >= 15 is 0 Å². The maximum absolute atomic E-state index is 12.0. The average Bonchev–Trinajstić information content (AvgIpc) is 2.88. The van der Waals surface area contributed by atoms with Crippen LogP contribution in [-0.4, -0.2) is 33.6 Å². The van der Waals surface area contributed by atoms with Crippen LogP contribution in [0.25, 0.3) is 0 Å². The van der Waals surface area contributed by atoms with Crippen LogP contribution in [0.1, 0.15) is 18.5 Å². The van der Waals surface area contributed by atoms with Gasteiger partial charge in [0.05, 0.1) is 24.6 Å². The van der Waals surface area contributed by atoms with E-state index in [1.54, 1.807) is 13.0 Å². The molecule has 0 bridgehead atoms. The second-order valence-corrected chi connectivity index (χ2v) is 4.21. The van der Waals surface area contributed by atoms with Crippen molar-refractivity contribution in [2.45, 2.75) is 25.0 Å². The number of rotatable bonds is 2. The molecule has 0 saturated heterocycles. The highest BCUT2D eigenvalue weighted by atomic mass is 16.5. The summed E-state index contributed by atoms with van der Waals surface area (Å²) in [7, 11) is 0. The maximum atomic E-state index is 12.0. The Labute approximate surface area is 104 Å². The molecule has 0 spiro atoms. The van der Waals surface area contributed by atoms with Gasteiger partial charge in [-0.3, -0.25) is 11.1 Å². The van der Waals surface area contributed by atoms with Gasteiger partial charge in [-0.25, -0.2) is 0 Å². The first-order valence-electron chi connectivity index (χ1n) is 5.45. The number of hydrazone groups is 1. The molecule has 1 aromatic heterocycles. The lowest BCUT2D eigenvalue weighted by molar-refractivity contribution is -0.625. The van der Waals surface area contributed by atoms with Crippen molar-refractivity contribution in [1.82, 2.24) is 5.01 Å². The van der Waals surface area contributed by atoms with Crippen molar-refractivity contribution in [3.05, 3.63) is 29.4 Å². The van der Waals surface area contributed by atoms with Crippen LogP contribution >= 0.6 is 0 Å². The molecule has 0 amide bonds. The van der Waals surface area contributed by atoms with E-state index < -0.39 is 18.1 Å². The highest BCUT2D eigenvalue weighted by Crippen LogP contribution is 2.23. The van der Waals surface area contributed by atoms with E-state index in [1.165, 1.54) is 12.5 Å². The van der Waals surface area contributed by atoms with Crippen LogP contribution in [0, 0.1) is 10.6 Å². The van der Waals surface area contributed by atoms with Crippen molar-refractivity contribution in [1.29, 1.82) is 5.41 Å². The van der Waals surface area contributed by atoms with E-state index in [1.807, 2.05) is 0 Å². The molecule has 3 unspecified atom stereocenters. The molecule has 0 radical (unpaired) electrons. The predicted octanol–water partition coefficient (Wildman–Crippen LogP) is -0.929. The van der Waals surface area contributed by atoms with Gasteiger partial charge in [-0.15, -0.1) is 0 Å². The number of hydrogen-bond acceptors (Lipinski definition) is 6. The van der Waals surface area contributed by atoms with E-state index in [0.717, 1.165) is 10.6 Å². The Balaban J connectivity index is 2.40. The van der Waals surface area contributed by atoms with Crippen molar-refractivity contribution in [3.8, 4) is 0 Å². The largest absolute Gasteiger partial charge is 0.692 e. The molecule has 2 heterocycles. The van der Waals surface area contributed by atoms with Gasteiger partial charge in [0.25, 0.3) is 5.84 Å². The molecule has 1 aromatic rings. The second-order valence-electron chi connectivity index (χ2n) is 4.21. The standard InChI is InChI=1S/C10H16N6O2/c1-5(6-2-3-18-4-6)15-9(13)7(11)8(12)10(14)16(15)17/h2-5,7-8,13H,11-12,14H2,1H3. The third-order valence-electron chi connectivity index (χ3n) is 3.10. The molecule has 0 aromatic carbocycles. The van der Waals surface area contributed by atoms with Gasteiger partial charge in [0.2, 0.25) is 0 Å². The minimum atomic E-state index is -0.845. The fourth-order valence-corrected chi connectivity index (χ4v) is 1.88. The zero-order chi connectivity index (χ0) is 13.4. The van der Waals surface area contributed by atoms with E-state index in [9.17, 15) is 5.21 Å². The van der Waals surface area contributed by atoms with Crippen LogP contribution in [0.4, 0.5) is 0 Å². The number of hydrazine groups is 1. The second kappa shape index (κ2) is 4.31. The summed E-state index contributed by atoms with van der Waals surface area (Å²) >= 11 is 0. The molecule has 1 aliphatic rings. The normalized spacial score (nSPS) is 26.6. The Bertz CT molecular complexity index is 483. The third-order valence-corrected chi connectivity index (χ3v) is 3.10. The lowest BCUT2D eigenvalue weighted by atomic mass is 10.0. The number of hydrogen-bond donors (Lipinski definition) is 4. The first kappa shape index (κ1) is 12.4. The third kappa shape index (κ3) is 1.71.